The van der Waals surface area contributed by atoms with Gasteiger partial charge in [0, 0.05) is 49.5 Å². The normalized spacial score (nSPS) is 25.2. The lowest BCUT2D eigenvalue weighted by Crippen LogP contribution is -2.51. The molecule has 3 aliphatic heterocycles. The van der Waals surface area contributed by atoms with Crippen molar-refractivity contribution in [1.82, 2.24) is 25.2 Å². The summed E-state index contributed by atoms with van der Waals surface area (Å²) >= 11 is 0. The standard InChI is InChI=1S/C29H30F2N6O2/c1-36-12-17(30)9-20(36)15-39-29-34-27-24(28(35-29)37-13-18-6-7-19(14-37)33-18)11-32-26(25(27)31)23-10-21(38)8-16-4-2-3-5-22(16)23/h2-5,8,10-11,17-20,33,38H,6-7,9,12-15H2,1H3/t17-,18-,19+,20+/m1/s1. The smallest absolute Gasteiger partial charge is 0.319 e. The fourth-order valence-corrected chi connectivity index (χ4v) is 6.35. The number of piperazine rings is 1. The quantitative estimate of drug-likeness (QED) is 0.398. The van der Waals surface area contributed by atoms with Gasteiger partial charge in [-0.25, -0.2) is 8.78 Å². The van der Waals surface area contributed by atoms with Gasteiger partial charge in [-0.2, -0.15) is 9.97 Å². The van der Waals surface area contributed by atoms with Crippen LogP contribution >= 0.6 is 0 Å². The number of anilines is 1. The zero-order valence-electron chi connectivity index (χ0n) is 21.6. The van der Waals surface area contributed by atoms with Crippen molar-refractivity contribution in [3.63, 3.8) is 0 Å². The van der Waals surface area contributed by atoms with Crippen LogP contribution in [-0.4, -0.2) is 82.5 Å². The van der Waals surface area contributed by atoms with Crippen LogP contribution in [0.3, 0.4) is 0 Å². The lowest BCUT2D eigenvalue weighted by atomic mass is 10.0. The highest BCUT2D eigenvalue weighted by Gasteiger charge is 2.35. The number of alkyl halides is 1. The first kappa shape index (κ1) is 24.4. The third kappa shape index (κ3) is 4.41. The largest absolute Gasteiger partial charge is 0.508 e. The average Bonchev–Trinajstić information content (AvgIpc) is 3.44. The molecule has 3 aliphatic rings. The third-order valence-corrected chi connectivity index (χ3v) is 8.30. The van der Waals surface area contributed by atoms with Crippen molar-refractivity contribution in [3.05, 3.63) is 48.4 Å². The van der Waals surface area contributed by atoms with Crippen molar-refractivity contribution < 1.29 is 18.6 Å². The van der Waals surface area contributed by atoms with Crippen molar-refractivity contribution in [2.75, 3.05) is 38.2 Å². The molecule has 0 saturated carbocycles. The summed E-state index contributed by atoms with van der Waals surface area (Å²) in [5.41, 5.74) is 0.692. The van der Waals surface area contributed by atoms with Gasteiger partial charge in [-0.15, -0.1) is 0 Å². The molecule has 0 aliphatic carbocycles. The van der Waals surface area contributed by atoms with Gasteiger partial charge < -0.3 is 20.1 Å². The van der Waals surface area contributed by atoms with Crippen LogP contribution in [-0.2, 0) is 0 Å². The molecule has 3 fully saturated rings. The summed E-state index contributed by atoms with van der Waals surface area (Å²) in [7, 11) is 1.87. The van der Waals surface area contributed by atoms with Gasteiger partial charge in [0.25, 0.3) is 0 Å². The van der Waals surface area contributed by atoms with Gasteiger partial charge in [-0.05, 0) is 49.2 Å². The number of phenols is 1. The summed E-state index contributed by atoms with van der Waals surface area (Å²) < 4.78 is 36.3. The summed E-state index contributed by atoms with van der Waals surface area (Å²) in [5, 5.41) is 16.0. The molecule has 3 saturated heterocycles. The topological polar surface area (TPSA) is 86.6 Å². The van der Waals surface area contributed by atoms with Gasteiger partial charge in [0.2, 0.25) is 0 Å². The van der Waals surface area contributed by atoms with E-state index in [4.69, 9.17) is 9.72 Å². The summed E-state index contributed by atoms with van der Waals surface area (Å²) in [6.07, 6.45) is 3.29. The van der Waals surface area contributed by atoms with Crippen molar-refractivity contribution in [3.8, 4) is 23.0 Å². The van der Waals surface area contributed by atoms with E-state index in [9.17, 15) is 9.50 Å². The number of nitrogens with zero attached hydrogens (tertiary/aromatic N) is 5. The second kappa shape index (κ2) is 9.53. The maximum Gasteiger partial charge on any atom is 0.319 e. The fraction of sp³-hybridized carbons (Fsp3) is 0.414. The minimum absolute atomic E-state index is 0.0283. The maximum absolute atomic E-state index is 16.4. The number of pyridine rings is 1. The van der Waals surface area contributed by atoms with Crippen molar-refractivity contribution >= 4 is 27.5 Å². The number of ether oxygens (including phenoxy) is 1. The molecule has 8 nitrogen and oxygen atoms in total. The number of benzene rings is 2. The number of fused-ring (bicyclic) bond motifs is 4. The first-order valence-corrected chi connectivity index (χ1v) is 13.5. The van der Waals surface area contributed by atoms with E-state index in [0.29, 0.717) is 41.8 Å². The molecule has 2 N–H and O–H groups in total. The Kier molecular flexibility index (Phi) is 5.97. The third-order valence-electron chi connectivity index (χ3n) is 8.30. The number of halogens is 2. The molecule has 0 unspecified atom stereocenters. The van der Waals surface area contributed by atoms with Crippen LogP contribution in [0.15, 0.2) is 42.6 Å². The zero-order chi connectivity index (χ0) is 26.7. The second-order valence-corrected chi connectivity index (χ2v) is 11.0. The minimum Gasteiger partial charge on any atom is -0.508 e. The lowest BCUT2D eigenvalue weighted by Gasteiger charge is -2.34. The molecule has 7 rings (SSSR count). The monoisotopic (exact) mass is 532 g/mol. The van der Waals surface area contributed by atoms with E-state index in [1.165, 1.54) is 6.07 Å². The van der Waals surface area contributed by atoms with Gasteiger partial charge in [-0.1, -0.05) is 24.3 Å². The van der Waals surface area contributed by atoms with Crippen LogP contribution in [0.4, 0.5) is 14.6 Å². The Labute approximate surface area is 224 Å². The Morgan fingerprint density at radius 1 is 1.08 bits per heavy atom. The average molecular weight is 533 g/mol. The predicted molar refractivity (Wildman–Crippen MR) is 145 cm³/mol. The Morgan fingerprint density at radius 3 is 2.64 bits per heavy atom. The lowest BCUT2D eigenvalue weighted by molar-refractivity contribution is 0.188. The molecule has 4 atom stereocenters. The summed E-state index contributed by atoms with van der Waals surface area (Å²) in [6.45, 7) is 2.07. The SMILES string of the molecule is CN1C[C@H](F)C[C@H]1COc1nc(N2C[C@H]3CC[C@@H](C2)N3)c2cnc(-c3cc(O)cc4ccccc34)c(F)c2n1. The summed E-state index contributed by atoms with van der Waals surface area (Å²) in [4.78, 5) is 17.9. The van der Waals surface area contributed by atoms with Crippen LogP contribution in [0.5, 0.6) is 11.8 Å². The maximum atomic E-state index is 16.4. The van der Waals surface area contributed by atoms with Crippen molar-refractivity contribution in [1.29, 1.82) is 0 Å². The summed E-state index contributed by atoms with van der Waals surface area (Å²) in [6, 6.07) is 11.3. The predicted octanol–water partition coefficient (Wildman–Crippen LogP) is 4.05. The second-order valence-electron chi connectivity index (χ2n) is 11.0. The number of phenolic OH excluding ortho intramolecular Hbond substituents is 1. The Bertz CT molecular complexity index is 1560. The van der Waals surface area contributed by atoms with Crippen molar-refractivity contribution in [2.24, 2.45) is 0 Å². The Balaban J connectivity index is 1.34. The first-order valence-electron chi connectivity index (χ1n) is 13.5. The highest BCUT2D eigenvalue weighted by Crippen LogP contribution is 2.37. The number of likely N-dealkylation sites (N-methyl/N-ethyl adjacent to an activating group) is 1. The molecule has 0 spiro atoms. The molecular weight excluding hydrogens is 502 g/mol. The van der Waals surface area contributed by atoms with Crippen LogP contribution in [0, 0.1) is 5.82 Å². The molecule has 2 aromatic heterocycles. The van der Waals surface area contributed by atoms with E-state index in [1.54, 1.807) is 12.3 Å². The zero-order valence-corrected chi connectivity index (χ0v) is 21.6. The van der Waals surface area contributed by atoms with Crippen molar-refractivity contribution in [2.45, 2.75) is 43.6 Å². The number of hydrogen-bond donors (Lipinski definition) is 2. The van der Waals surface area contributed by atoms with Crippen LogP contribution in [0.25, 0.3) is 32.9 Å². The van der Waals surface area contributed by atoms with E-state index in [1.807, 2.05) is 36.2 Å². The molecule has 4 aromatic rings. The van der Waals surface area contributed by atoms with E-state index in [0.717, 1.165) is 36.7 Å². The number of aromatic hydroxyl groups is 1. The molecule has 202 valence electrons. The van der Waals surface area contributed by atoms with Gasteiger partial charge in [0.05, 0.1) is 5.39 Å². The fourth-order valence-electron chi connectivity index (χ4n) is 6.35. The number of nitrogens with one attached hydrogen (secondary N) is 1. The molecule has 0 amide bonds. The van der Waals surface area contributed by atoms with E-state index < -0.39 is 12.0 Å². The van der Waals surface area contributed by atoms with Gasteiger partial charge in [0.15, 0.2) is 5.82 Å². The number of likely N-dealkylation sites (tertiary alicyclic amines) is 1. The van der Waals surface area contributed by atoms with Crippen LogP contribution < -0.4 is 15.0 Å². The molecular formula is C29H30F2N6O2. The summed E-state index contributed by atoms with van der Waals surface area (Å²) in [5.74, 6) is 0.0208. The molecule has 2 bridgehead atoms. The molecule has 0 radical (unpaired) electrons. The molecule has 39 heavy (non-hydrogen) atoms. The van der Waals surface area contributed by atoms with E-state index >= 15 is 4.39 Å². The number of hydrogen-bond acceptors (Lipinski definition) is 8. The minimum atomic E-state index is -0.892. The van der Waals surface area contributed by atoms with Gasteiger partial charge in [-0.3, -0.25) is 9.88 Å². The highest BCUT2D eigenvalue weighted by atomic mass is 19.1. The van der Waals surface area contributed by atoms with Gasteiger partial charge in [0.1, 0.15) is 35.6 Å². The van der Waals surface area contributed by atoms with E-state index in [2.05, 4.69) is 20.2 Å². The van der Waals surface area contributed by atoms with Crippen LogP contribution in [0.2, 0.25) is 0 Å². The number of rotatable bonds is 5. The Morgan fingerprint density at radius 2 is 1.87 bits per heavy atom. The molecule has 10 heteroatoms. The molecule has 2 aromatic carbocycles. The molecule has 5 heterocycles. The number of aromatic nitrogens is 3. The van der Waals surface area contributed by atoms with E-state index in [-0.39, 0.29) is 35.6 Å². The van der Waals surface area contributed by atoms with Crippen LogP contribution in [0.1, 0.15) is 19.3 Å². The first-order chi connectivity index (χ1) is 18.9. The van der Waals surface area contributed by atoms with Gasteiger partial charge >= 0.3 is 6.01 Å². The highest BCUT2D eigenvalue weighted by molar-refractivity contribution is 5.99. The Hall–Kier alpha value is -3.63.